The Kier molecular flexibility index (Phi) is 12.7. The third-order valence-electron chi connectivity index (χ3n) is 9.77. The molecule has 266 valence electrons. The molecule has 0 amide bonds. The second kappa shape index (κ2) is 18.2. The van der Waals surface area contributed by atoms with Gasteiger partial charge in [0.05, 0.1) is 0 Å². The fraction of sp³-hybridized carbons (Fsp3) is 0.0392. The van der Waals surface area contributed by atoms with E-state index in [1.54, 1.807) is 11.3 Å². The van der Waals surface area contributed by atoms with E-state index < -0.39 is 0 Å². The summed E-state index contributed by atoms with van der Waals surface area (Å²) >= 11 is 1.77. The van der Waals surface area contributed by atoms with Crippen LogP contribution in [-0.2, 0) is 6.54 Å². The van der Waals surface area contributed by atoms with Gasteiger partial charge in [-0.05, 0) is 87.3 Å². The van der Waals surface area contributed by atoms with Crippen LogP contribution in [0.25, 0.3) is 83.4 Å². The average Bonchev–Trinajstić information content (AvgIpc) is 3.79. The zero-order chi connectivity index (χ0) is 37.6. The van der Waals surface area contributed by atoms with Crippen LogP contribution in [0.2, 0.25) is 0 Å². The van der Waals surface area contributed by atoms with Gasteiger partial charge in [0.2, 0.25) is 0 Å². The minimum absolute atomic E-state index is 0. The van der Waals surface area contributed by atoms with Crippen LogP contribution in [0.1, 0.15) is 18.1 Å². The molecule has 0 radical (unpaired) electrons. The molecule has 0 aliphatic rings. The Balaban J connectivity index is 0.000000183. The minimum atomic E-state index is 0. The van der Waals surface area contributed by atoms with Crippen LogP contribution in [0.5, 0.6) is 0 Å². The molecule has 7 aromatic carbocycles. The third kappa shape index (κ3) is 8.64. The Morgan fingerprint density at radius 2 is 1.21 bits per heavy atom. The molecule has 0 bridgehead atoms. The first-order valence-electron chi connectivity index (χ1n) is 18.4. The van der Waals surface area contributed by atoms with E-state index in [4.69, 9.17) is 15.1 Å². The van der Waals surface area contributed by atoms with Crippen molar-refractivity contribution in [3.8, 4) is 33.4 Å². The van der Waals surface area contributed by atoms with Crippen molar-refractivity contribution in [2.24, 2.45) is 0 Å². The van der Waals surface area contributed by atoms with Crippen molar-refractivity contribution in [2.45, 2.75) is 13.5 Å². The van der Waals surface area contributed by atoms with Crippen molar-refractivity contribution in [3.63, 3.8) is 0 Å². The van der Waals surface area contributed by atoms with Crippen molar-refractivity contribution >= 4 is 62.2 Å². The molecule has 0 aliphatic heterocycles. The maximum Gasteiger partial charge on any atom is 1.00 e. The van der Waals surface area contributed by atoms with Crippen LogP contribution in [0.15, 0.2) is 186 Å². The molecule has 0 atom stereocenters. The Bertz CT molecular complexity index is 2930. The summed E-state index contributed by atoms with van der Waals surface area (Å²) in [6.07, 6.45) is 5.58. The average molecular weight is 767 g/mol. The number of nitrogens with one attached hydrogen (secondary N) is 1. The van der Waals surface area contributed by atoms with Gasteiger partial charge in [-0.2, -0.15) is 0 Å². The zero-order valence-corrected chi connectivity index (χ0v) is 35.5. The number of furan rings is 1. The van der Waals surface area contributed by atoms with Gasteiger partial charge in [0.25, 0.3) is 0 Å². The summed E-state index contributed by atoms with van der Waals surface area (Å²) in [6.45, 7) is 6.95. The van der Waals surface area contributed by atoms with Crippen LogP contribution < -0.4 is 61.1 Å². The molecule has 1 N–H and O–H groups in total. The summed E-state index contributed by atoms with van der Waals surface area (Å²) in [4.78, 5) is 0. The van der Waals surface area contributed by atoms with Gasteiger partial charge in [0.1, 0.15) is 11.2 Å². The van der Waals surface area contributed by atoms with Gasteiger partial charge < -0.3 is 15.1 Å². The summed E-state index contributed by atoms with van der Waals surface area (Å²) in [5.41, 5.74) is 11.8. The second-order valence-electron chi connectivity index (χ2n) is 13.3. The maximum atomic E-state index is 7.79. The first-order valence-corrected chi connectivity index (χ1v) is 19.2. The van der Waals surface area contributed by atoms with Crippen LogP contribution in [0.3, 0.4) is 0 Å². The van der Waals surface area contributed by atoms with Crippen molar-refractivity contribution < 1.29 is 55.8 Å². The summed E-state index contributed by atoms with van der Waals surface area (Å²) in [5, 5.41) is 16.9. The summed E-state index contributed by atoms with van der Waals surface area (Å²) in [7, 11) is 0. The molecule has 3 nitrogen and oxygen atoms in total. The van der Waals surface area contributed by atoms with Gasteiger partial charge in [-0.25, -0.2) is 0 Å². The predicted molar refractivity (Wildman–Crippen MR) is 236 cm³/mol. The fourth-order valence-electron chi connectivity index (χ4n) is 6.90. The summed E-state index contributed by atoms with van der Waals surface area (Å²) < 4.78 is 8.49. The van der Waals surface area contributed by atoms with Crippen LogP contribution in [0, 0.1) is 5.41 Å². The van der Waals surface area contributed by atoms with Crippen molar-refractivity contribution in [2.75, 3.05) is 0 Å². The number of allylic oxidation sites excluding steroid dienone is 2. The van der Waals surface area contributed by atoms with E-state index in [-0.39, 0.29) is 51.4 Å². The molecule has 56 heavy (non-hydrogen) atoms. The van der Waals surface area contributed by atoms with Gasteiger partial charge in [-0.1, -0.05) is 152 Å². The second-order valence-corrected chi connectivity index (χ2v) is 14.4. The Labute approximate surface area is 374 Å². The van der Waals surface area contributed by atoms with Crippen LogP contribution >= 0.6 is 11.3 Å². The quantitative estimate of drug-likeness (QED) is 0.122. The number of hydrogen-bond donors (Lipinski definition) is 1. The van der Waals surface area contributed by atoms with Crippen molar-refractivity contribution in [1.29, 1.82) is 5.41 Å². The smallest absolute Gasteiger partial charge is 0.681 e. The van der Waals surface area contributed by atoms with E-state index in [0.717, 1.165) is 49.5 Å². The SMILES string of the molecule is C=c1/c(=C\C(=C/C)[N-]Cc2ccccc2)sc2ccccc12.N=Cc1cccc2oc3ccc(-c4cccc(-c5cccc(-c6ccccc6)c5)c4)cc3c12.[K+]. The molecule has 9 aromatic rings. The molecule has 0 saturated carbocycles. The summed E-state index contributed by atoms with van der Waals surface area (Å²) in [5.74, 6) is 0. The predicted octanol–water partition coefficient (Wildman–Crippen LogP) is 10.2. The maximum absolute atomic E-state index is 7.79. The number of benzene rings is 7. The standard InChI is InChI=1S/C31H21NO.C20H18NS.K/c32-20-27-13-6-14-30-31(27)28-19-26(15-16-29(28)33-30)25-12-5-11-24(18-25)23-10-4-9-22(17-23)21-7-2-1-3-8-21;1-3-17(21-14-16-9-5-4-6-10-16)13-20-15(2)18-11-7-8-12-19(18)22-20;/h1-20,32H;3-13H,2,14H2,1H3;/q;-1;+1/b;17-3+,20-13+;. The van der Waals surface area contributed by atoms with E-state index in [0.29, 0.717) is 6.54 Å². The Morgan fingerprint density at radius 1 is 0.625 bits per heavy atom. The van der Waals surface area contributed by atoms with E-state index >= 15 is 0 Å². The molecule has 5 heteroatoms. The molecule has 9 rings (SSSR count). The van der Waals surface area contributed by atoms with Crippen molar-refractivity contribution in [3.05, 3.63) is 208 Å². The zero-order valence-electron chi connectivity index (χ0n) is 31.6. The van der Waals surface area contributed by atoms with E-state index in [2.05, 4.69) is 134 Å². The summed E-state index contributed by atoms with van der Waals surface area (Å²) in [6, 6.07) is 58.7. The van der Waals surface area contributed by atoms with E-state index in [1.807, 2.05) is 61.5 Å². The molecule has 0 aliphatic carbocycles. The number of rotatable bonds is 8. The van der Waals surface area contributed by atoms with Crippen LogP contribution in [0.4, 0.5) is 0 Å². The van der Waals surface area contributed by atoms with E-state index in [9.17, 15) is 0 Å². The Morgan fingerprint density at radius 3 is 1.88 bits per heavy atom. The molecule has 2 heterocycles. The molecule has 0 saturated heterocycles. The van der Waals surface area contributed by atoms with Crippen molar-refractivity contribution in [1.82, 2.24) is 0 Å². The van der Waals surface area contributed by atoms with Gasteiger partial charge in [-0.15, -0.1) is 29.7 Å². The van der Waals surface area contributed by atoms with Gasteiger partial charge in [-0.3, -0.25) is 0 Å². The Hall–Kier alpha value is -5.11. The first kappa shape index (κ1) is 39.1. The third-order valence-corrected chi connectivity index (χ3v) is 10.9. The molecular weight excluding hydrogens is 728 g/mol. The minimum Gasteiger partial charge on any atom is -0.681 e. The van der Waals surface area contributed by atoms with E-state index in [1.165, 1.54) is 48.7 Å². The molecule has 0 unspecified atom stereocenters. The normalized spacial score (nSPS) is 11.6. The van der Waals surface area contributed by atoms with Gasteiger partial charge in [0, 0.05) is 31.8 Å². The topological polar surface area (TPSA) is 51.1 Å². The molecular formula is C51H39KN2OS. The molecule has 0 fully saturated rings. The fourth-order valence-corrected chi connectivity index (χ4v) is 7.99. The molecule has 2 aromatic heterocycles. The largest absolute Gasteiger partial charge is 1.00 e. The van der Waals surface area contributed by atoms with Gasteiger partial charge in [0.15, 0.2) is 0 Å². The number of thiophene rings is 1. The number of hydrogen-bond acceptors (Lipinski definition) is 3. The first-order chi connectivity index (χ1) is 27.1. The van der Waals surface area contributed by atoms with Crippen LogP contribution in [-0.4, -0.2) is 6.21 Å². The van der Waals surface area contributed by atoms with Gasteiger partial charge >= 0.3 is 51.4 Å². The monoisotopic (exact) mass is 766 g/mol. The number of nitrogens with zero attached hydrogens (tertiary/aromatic N) is 1. The molecule has 0 spiro atoms. The number of fused-ring (bicyclic) bond motifs is 4.